The van der Waals surface area contributed by atoms with Crippen molar-refractivity contribution < 1.29 is 19.5 Å². The second-order valence-corrected chi connectivity index (χ2v) is 7.10. The number of anilines is 1. The van der Waals surface area contributed by atoms with Crippen LogP contribution in [0, 0.1) is 0 Å². The number of hydrogen-bond donors (Lipinski definition) is 3. The zero-order valence-corrected chi connectivity index (χ0v) is 16.2. The third kappa shape index (κ3) is 6.07. The highest BCUT2D eigenvalue weighted by Gasteiger charge is 2.17. The highest BCUT2D eigenvalue weighted by atomic mass is 16.4. The number of nitrogens with one attached hydrogen (secondary N) is 2. The monoisotopic (exact) mass is 395 g/mol. The zero-order valence-electron chi connectivity index (χ0n) is 16.2. The fourth-order valence-electron chi connectivity index (χ4n) is 3.24. The molecule has 3 amide bonds. The lowest BCUT2D eigenvalue weighted by Crippen LogP contribution is -2.32. The Balaban J connectivity index is 1.44. The van der Waals surface area contributed by atoms with Gasteiger partial charge in [0.25, 0.3) is 0 Å². The van der Waals surface area contributed by atoms with Crippen molar-refractivity contribution in [2.24, 2.45) is 0 Å². The molecular formula is C22H25N3O4. The molecule has 7 heteroatoms. The number of amides is 3. The van der Waals surface area contributed by atoms with Gasteiger partial charge in [0.15, 0.2) is 0 Å². The van der Waals surface area contributed by atoms with E-state index in [-0.39, 0.29) is 17.5 Å². The predicted octanol–water partition coefficient (Wildman–Crippen LogP) is 3.26. The van der Waals surface area contributed by atoms with Gasteiger partial charge in [0.1, 0.15) is 0 Å². The number of benzene rings is 2. The average Bonchev–Trinajstić information content (AvgIpc) is 3.26. The molecule has 3 N–H and O–H groups in total. The number of urea groups is 1. The molecule has 0 aromatic heterocycles. The molecule has 7 nitrogen and oxygen atoms in total. The van der Waals surface area contributed by atoms with Crippen LogP contribution in [0.4, 0.5) is 10.5 Å². The number of aromatic carboxylic acids is 1. The highest BCUT2D eigenvalue weighted by molar-refractivity contribution is 5.89. The van der Waals surface area contributed by atoms with E-state index in [9.17, 15) is 14.4 Å². The molecule has 0 saturated carbocycles. The predicted molar refractivity (Wildman–Crippen MR) is 110 cm³/mol. The fraction of sp³-hybridized carbons (Fsp3) is 0.318. The second kappa shape index (κ2) is 9.73. The molecule has 1 fully saturated rings. The molecule has 29 heavy (non-hydrogen) atoms. The van der Waals surface area contributed by atoms with Crippen LogP contribution in [0.3, 0.4) is 0 Å². The molecule has 2 aromatic rings. The molecular weight excluding hydrogens is 370 g/mol. The van der Waals surface area contributed by atoms with E-state index in [1.807, 2.05) is 24.3 Å². The first kappa shape index (κ1) is 20.4. The van der Waals surface area contributed by atoms with Gasteiger partial charge < -0.3 is 20.6 Å². The molecule has 1 heterocycles. The summed E-state index contributed by atoms with van der Waals surface area (Å²) >= 11 is 0. The van der Waals surface area contributed by atoms with Gasteiger partial charge in [-0.1, -0.05) is 24.3 Å². The average molecular weight is 395 g/mol. The molecule has 0 spiro atoms. The topological polar surface area (TPSA) is 98.7 Å². The minimum atomic E-state index is -0.965. The van der Waals surface area contributed by atoms with E-state index in [0.29, 0.717) is 25.1 Å². The number of aryl methyl sites for hydroxylation is 1. The standard InChI is InChI=1S/C22H25N3O4/c26-20(11-8-16-6-9-18(10-7-16)21(27)28)23-15-17-4-3-5-19(14-17)24-22(29)25-12-1-2-13-25/h3-7,9-10,14H,1-2,8,11-13,15H2,(H,23,26)(H,24,29)(H,27,28). The molecule has 0 aliphatic carbocycles. The van der Waals surface area contributed by atoms with Gasteiger partial charge >= 0.3 is 12.0 Å². The number of carboxylic acid groups (broad SMARTS) is 1. The van der Waals surface area contributed by atoms with Crippen molar-refractivity contribution in [3.05, 3.63) is 65.2 Å². The van der Waals surface area contributed by atoms with Crippen LogP contribution in [-0.4, -0.2) is 41.0 Å². The minimum absolute atomic E-state index is 0.0844. The molecule has 0 bridgehead atoms. The molecule has 0 radical (unpaired) electrons. The fourth-order valence-corrected chi connectivity index (χ4v) is 3.24. The normalized spacial score (nSPS) is 13.2. The van der Waals surface area contributed by atoms with E-state index >= 15 is 0 Å². The first-order valence-corrected chi connectivity index (χ1v) is 9.75. The van der Waals surface area contributed by atoms with E-state index in [4.69, 9.17) is 5.11 Å². The van der Waals surface area contributed by atoms with Crippen LogP contribution in [0.1, 0.15) is 40.7 Å². The van der Waals surface area contributed by atoms with E-state index in [0.717, 1.165) is 37.1 Å². The lowest BCUT2D eigenvalue weighted by molar-refractivity contribution is -0.121. The molecule has 1 saturated heterocycles. The number of likely N-dealkylation sites (tertiary alicyclic amines) is 1. The van der Waals surface area contributed by atoms with Crippen molar-refractivity contribution in [3.63, 3.8) is 0 Å². The van der Waals surface area contributed by atoms with Crippen LogP contribution in [-0.2, 0) is 17.8 Å². The third-order valence-electron chi connectivity index (χ3n) is 4.90. The third-order valence-corrected chi connectivity index (χ3v) is 4.90. The van der Waals surface area contributed by atoms with Crippen LogP contribution in [0.15, 0.2) is 48.5 Å². The van der Waals surface area contributed by atoms with Crippen LogP contribution >= 0.6 is 0 Å². The number of hydrogen-bond acceptors (Lipinski definition) is 3. The van der Waals surface area contributed by atoms with Crippen molar-refractivity contribution in [1.82, 2.24) is 10.2 Å². The van der Waals surface area contributed by atoms with Crippen molar-refractivity contribution in [1.29, 1.82) is 0 Å². The Morgan fingerprint density at radius 3 is 2.38 bits per heavy atom. The maximum absolute atomic E-state index is 12.2. The van der Waals surface area contributed by atoms with Crippen LogP contribution in [0.25, 0.3) is 0 Å². The summed E-state index contributed by atoms with van der Waals surface area (Å²) in [5, 5.41) is 14.7. The molecule has 1 aliphatic rings. The summed E-state index contributed by atoms with van der Waals surface area (Å²) in [5.74, 6) is -1.05. The van der Waals surface area contributed by atoms with Gasteiger partial charge in [-0.05, 0) is 54.7 Å². The van der Waals surface area contributed by atoms with Crippen molar-refractivity contribution in [3.8, 4) is 0 Å². The molecule has 0 atom stereocenters. The molecule has 0 unspecified atom stereocenters. The van der Waals surface area contributed by atoms with E-state index < -0.39 is 5.97 Å². The van der Waals surface area contributed by atoms with E-state index in [1.54, 1.807) is 17.0 Å². The number of nitrogens with zero attached hydrogens (tertiary/aromatic N) is 1. The van der Waals surface area contributed by atoms with Gasteiger partial charge in [-0.2, -0.15) is 0 Å². The van der Waals surface area contributed by atoms with Crippen LogP contribution in [0.2, 0.25) is 0 Å². The van der Waals surface area contributed by atoms with Crippen LogP contribution < -0.4 is 10.6 Å². The number of carbonyl (C=O) groups is 3. The summed E-state index contributed by atoms with van der Waals surface area (Å²) in [6.45, 7) is 1.96. The van der Waals surface area contributed by atoms with Crippen molar-refractivity contribution in [2.45, 2.75) is 32.2 Å². The quantitative estimate of drug-likeness (QED) is 0.670. The smallest absolute Gasteiger partial charge is 0.335 e. The first-order valence-electron chi connectivity index (χ1n) is 9.75. The Bertz CT molecular complexity index is 874. The Hall–Kier alpha value is -3.35. The van der Waals surface area contributed by atoms with Gasteiger partial charge in [-0.15, -0.1) is 0 Å². The summed E-state index contributed by atoms with van der Waals surface area (Å²) < 4.78 is 0. The maximum Gasteiger partial charge on any atom is 0.335 e. The first-order chi connectivity index (χ1) is 14.0. The summed E-state index contributed by atoms with van der Waals surface area (Å²) in [6.07, 6.45) is 2.95. The maximum atomic E-state index is 12.2. The minimum Gasteiger partial charge on any atom is -0.478 e. The van der Waals surface area contributed by atoms with Gasteiger partial charge in [0, 0.05) is 31.7 Å². The second-order valence-electron chi connectivity index (χ2n) is 7.10. The molecule has 152 valence electrons. The SMILES string of the molecule is O=C(CCc1ccc(C(=O)O)cc1)NCc1cccc(NC(=O)N2CCCC2)c1. The van der Waals surface area contributed by atoms with Crippen molar-refractivity contribution in [2.75, 3.05) is 18.4 Å². The van der Waals surface area contributed by atoms with Gasteiger partial charge in [-0.25, -0.2) is 9.59 Å². The molecule has 3 rings (SSSR count). The highest BCUT2D eigenvalue weighted by Crippen LogP contribution is 2.14. The Morgan fingerprint density at radius 2 is 1.69 bits per heavy atom. The largest absolute Gasteiger partial charge is 0.478 e. The number of rotatable bonds is 7. The van der Waals surface area contributed by atoms with Crippen molar-refractivity contribution >= 4 is 23.6 Å². The lowest BCUT2D eigenvalue weighted by atomic mass is 10.1. The zero-order chi connectivity index (χ0) is 20.6. The summed E-state index contributed by atoms with van der Waals surface area (Å²) in [7, 11) is 0. The lowest BCUT2D eigenvalue weighted by Gasteiger charge is -2.16. The molecule has 1 aliphatic heterocycles. The number of carboxylic acids is 1. The van der Waals surface area contributed by atoms with E-state index in [1.165, 1.54) is 12.1 Å². The summed E-state index contributed by atoms with van der Waals surface area (Å²) in [4.78, 5) is 37.0. The van der Waals surface area contributed by atoms with E-state index in [2.05, 4.69) is 10.6 Å². The Labute approximate surface area is 169 Å². The summed E-state index contributed by atoms with van der Waals surface area (Å²) in [5.41, 5.74) is 2.77. The van der Waals surface area contributed by atoms with Gasteiger partial charge in [0.2, 0.25) is 5.91 Å². The number of carbonyl (C=O) groups excluding carboxylic acids is 2. The summed E-state index contributed by atoms with van der Waals surface area (Å²) in [6, 6.07) is 13.9. The Kier molecular flexibility index (Phi) is 6.84. The molecule has 2 aromatic carbocycles. The Morgan fingerprint density at radius 1 is 0.966 bits per heavy atom. The van der Waals surface area contributed by atoms with Gasteiger partial charge in [0.05, 0.1) is 5.56 Å². The van der Waals surface area contributed by atoms with Gasteiger partial charge in [-0.3, -0.25) is 4.79 Å². The van der Waals surface area contributed by atoms with Crippen LogP contribution in [0.5, 0.6) is 0 Å².